The van der Waals surface area contributed by atoms with Crippen LogP contribution in [0.5, 0.6) is 0 Å². The molecule has 0 bridgehead atoms. The average molecular weight is 1920 g/mol. The van der Waals surface area contributed by atoms with Gasteiger partial charge in [0.2, 0.25) is 0 Å². The fraction of sp³-hybridized carbons (Fsp3) is 0.0423. The van der Waals surface area contributed by atoms with E-state index in [1.165, 1.54) is 143 Å². The molecule has 8 heteroatoms. The van der Waals surface area contributed by atoms with Gasteiger partial charge in [-0.2, -0.15) is 0 Å². The molecule has 0 saturated heterocycles. The summed E-state index contributed by atoms with van der Waals surface area (Å²) in [5, 5.41) is 18.9. The topological polar surface area (TPSA) is 103 Å². The Kier molecular flexibility index (Phi) is 24.3. The van der Waals surface area contributed by atoms with E-state index in [4.69, 9.17) is 39.9 Å². The SMILES string of the molecule is Cc1cc(-c2ccc(-c3ccccc3)cc2)c2ccc3c(-c4ccc(-c5ccccc5)cc4)cc(C)nc3c2n1.Cc1cc(-c2ccc3ccccc3c2)c2ccc3c(-c4ccc5ccccc5c4)cc(C)nc3c2n1.Cc1cc(-c2cccc3ccccc23)c2ccc3c(-c4cccc5ccccc45)cc(C)nc3c2n1.c1ccc(-c2cc(-c3ccccc3)c3ccc4c(-c5ccccc5)cc(-c5ccccc5)nc4c3n2)cc1. The second kappa shape index (κ2) is 39.7. The van der Waals surface area contributed by atoms with Crippen molar-refractivity contribution in [3.8, 4) is 134 Å². The number of rotatable bonds is 12. The van der Waals surface area contributed by atoms with Crippen LogP contribution < -0.4 is 0 Å². The fourth-order valence-corrected chi connectivity index (χ4v) is 21.9. The van der Waals surface area contributed by atoms with E-state index in [0.29, 0.717) is 0 Å². The van der Waals surface area contributed by atoms with Gasteiger partial charge in [-0.15, -0.1) is 0 Å². The van der Waals surface area contributed by atoms with Gasteiger partial charge in [-0.25, -0.2) is 9.97 Å². The monoisotopic (exact) mass is 1920 g/mol. The van der Waals surface area contributed by atoms with Gasteiger partial charge >= 0.3 is 0 Å². The zero-order valence-electron chi connectivity index (χ0n) is 83.9. The Labute approximate surface area is 870 Å². The molecule has 8 aromatic heterocycles. The summed E-state index contributed by atoms with van der Waals surface area (Å²) in [6.07, 6.45) is 0. The number of hydrogen-bond acceptors (Lipinski definition) is 8. The summed E-state index contributed by atoms with van der Waals surface area (Å²) in [6.45, 7) is 12.4. The minimum atomic E-state index is 0.915. The first-order chi connectivity index (χ1) is 73.8. The molecule has 28 rings (SSSR count). The van der Waals surface area contributed by atoms with Crippen molar-refractivity contribution < 1.29 is 0 Å². The van der Waals surface area contributed by atoms with Crippen molar-refractivity contribution in [3.63, 3.8) is 0 Å². The van der Waals surface area contributed by atoms with Crippen LogP contribution in [0, 0.1) is 41.5 Å². The zero-order chi connectivity index (χ0) is 101. The molecule has 8 nitrogen and oxygen atoms in total. The van der Waals surface area contributed by atoms with Crippen LogP contribution in [0.25, 0.3) is 264 Å². The molecule has 0 aliphatic rings. The number of aryl methyl sites for hydroxylation is 6. The second-order valence-corrected chi connectivity index (χ2v) is 38.9. The number of fused-ring (bicyclic) bond motifs is 16. The summed E-state index contributed by atoms with van der Waals surface area (Å²) in [4.78, 5) is 40.7. The van der Waals surface area contributed by atoms with Crippen LogP contribution in [-0.4, -0.2) is 39.9 Å². The average Bonchev–Trinajstić information content (AvgIpc) is 0.742. The van der Waals surface area contributed by atoms with Crippen LogP contribution in [0.1, 0.15) is 34.2 Å². The maximum atomic E-state index is 5.27. The smallest absolute Gasteiger partial charge is 0.0978 e. The van der Waals surface area contributed by atoms with E-state index >= 15 is 0 Å². The quantitative estimate of drug-likeness (QED) is 0.111. The third-order valence-electron chi connectivity index (χ3n) is 29.0. The van der Waals surface area contributed by atoms with Crippen LogP contribution in [0.3, 0.4) is 0 Å². The first-order valence-electron chi connectivity index (χ1n) is 51.2. The van der Waals surface area contributed by atoms with Gasteiger partial charge in [0.1, 0.15) is 0 Å². The van der Waals surface area contributed by atoms with E-state index in [1.807, 2.05) is 12.1 Å². The van der Waals surface area contributed by atoms with Crippen molar-refractivity contribution in [2.45, 2.75) is 41.5 Å². The lowest BCUT2D eigenvalue weighted by Gasteiger charge is -2.15. The number of nitrogens with zero attached hydrogens (tertiary/aromatic N) is 8. The molecule has 0 unspecified atom stereocenters. The standard InChI is InChI=1S/C38H28N2.C36H24N2.2C34H24N2/c1-25-23-35(31-17-13-29(14-18-31)27-9-5-3-6-10-27)33-21-22-34-36(24-26(2)40-38(34)37(33)39-25)32-19-15-30(16-20-32)28-11-7-4-8-12-28;1-5-13-25(14-6-1)31-23-33(27-17-9-3-10-18-27)37-35-29(31)21-22-30-32(26-15-7-2-8-16-26)24-34(38-36(30)35)28-19-11-4-12-20-28;1-21-19-31(27-15-7-11-23-9-3-5-13-25(23)27)29-17-18-30-32(20-22(2)36-34(30)33(29)35-21)28-16-8-12-24-10-4-6-14-26(24)28;1-21-17-31(27-13-11-23-7-3-5-9-25(23)19-27)29-15-16-30-32(18-22(2)36-34(30)33(29)35-21)28-14-12-24-8-4-6-10-26(24)20-28/h3-24H,1-2H3;1-24H;2*3-20H,1-2H3. The highest BCUT2D eigenvalue weighted by Gasteiger charge is 2.24. The molecular weight excluding hydrogens is 1820 g/mol. The predicted molar refractivity (Wildman–Crippen MR) is 632 cm³/mol. The summed E-state index contributed by atoms with van der Waals surface area (Å²) >= 11 is 0. The molecule has 0 aliphatic heterocycles. The molecule has 708 valence electrons. The van der Waals surface area contributed by atoms with E-state index in [-0.39, 0.29) is 0 Å². The molecule has 8 heterocycles. The normalized spacial score (nSPS) is 11.4. The van der Waals surface area contributed by atoms with Crippen molar-refractivity contribution in [2.75, 3.05) is 0 Å². The maximum absolute atomic E-state index is 5.27. The van der Waals surface area contributed by atoms with Gasteiger partial charge in [0.15, 0.2) is 0 Å². The number of pyridine rings is 8. The maximum Gasteiger partial charge on any atom is 0.0978 e. The van der Waals surface area contributed by atoms with Crippen molar-refractivity contribution in [1.29, 1.82) is 0 Å². The van der Waals surface area contributed by atoms with Crippen molar-refractivity contribution >= 4 is 130 Å². The molecule has 150 heavy (non-hydrogen) atoms. The Morgan fingerprint density at radius 3 is 0.613 bits per heavy atom. The van der Waals surface area contributed by atoms with E-state index < -0.39 is 0 Å². The van der Waals surface area contributed by atoms with Crippen molar-refractivity contribution in [1.82, 2.24) is 39.9 Å². The highest BCUT2D eigenvalue weighted by atomic mass is 14.8. The molecule has 20 aromatic carbocycles. The van der Waals surface area contributed by atoms with Gasteiger partial charge < -0.3 is 0 Å². The van der Waals surface area contributed by atoms with Crippen molar-refractivity contribution in [3.05, 3.63) is 532 Å². The molecule has 28 aromatic rings. The van der Waals surface area contributed by atoms with Gasteiger partial charge in [-0.1, -0.05) is 437 Å². The van der Waals surface area contributed by atoms with Crippen LogP contribution in [0.15, 0.2) is 497 Å². The van der Waals surface area contributed by atoms with E-state index in [9.17, 15) is 0 Å². The van der Waals surface area contributed by atoms with Crippen molar-refractivity contribution in [2.24, 2.45) is 0 Å². The predicted octanol–water partition coefficient (Wildman–Crippen LogP) is 37.6. The Morgan fingerprint density at radius 1 is 0.107 bits per heavy atom. The Hall–Kier alpha value is -19.3. The number of hydrogen-bond donors (Lipinski definition) is 0. The largest absolute Gasteiger partial charge is 0.251 e. The van der Waals surface area contributed by atoms with Gasteiger partial charge in [-0.3, -0.25) is 29.9 Å². The zero-order valence-corrected chi connectivity index (χ0v) is 83.9. The van der Waals surface area contributed by atoms with Crippen LogP contribution in [0.2, 0.25) is 0 Å². The molecule has 0 N–H and O–H groups in total. The molecular formula is C142H100N8. The Bertz CT molecular complexity index is 9520. The number of benzene rings is 20. The third kappa shape index (κ3) is 17.9. The summed E-state index contributed by atoms with van der Waals surface area (Å²) < 4.78 is 0. The Balaban J connectivity index is 0.000000104. The molecule has 0 aliphatic carbocycles. The van der Waals surface area contributed by atoms with Crippen LogP contribution in [0.4, 0.5) is 0 Å². The van der Waals surface area contributed by atoms with Gasteiger partial charge in [-0.05, 0) is 257 Å². The molecule has 0 spiro atoms. The van der Waals surface area contributed by atoms with Crippen LogP contribution >= 0.6 is 0 Å². The van der Waals surface area contributed by atoms with Crippen LogP contribution in [-0.2, 0) is 0 Å². The molecule has 0 radical (unpaired) electrons. The minimum Gasteiger partial charge on any atom is -0.251 e. The Morgan fingerprint density at radius 2 is 0.307 bits per heavy atom. The molecule has 0 saturated carbocycles. The summed E-state index contributed by atoms with van der Waals surface area (Å²) in [5.74, 6) is 0. The lowest BCUT2D eigenvalue weighted by atomic mass is 9.92. The van der Waals surface area contributed by atoms with Gasteiger partial charge in [0, 0.05) is 88.4 Å². The lowest BCUT2D eigenvalue weighted by molar-refractivity contribution is 1.23. The second-order valence-electron chi connectivity index (χ2n) is 38.9. The van der Waals surface area contributed by atoms with Gasteiger partial charge in [0.05, 0.1) is 55.5 Å². The lowest BCUT2D eigenvalue weighted by Crippen LogP contribution is -1.95. The highest BCUT2D eigenvalue weighted by molar-refractivity contribution is 6.19. The van der Waals surface area contributed by atoms with E-state index in [2.05, 4.69) is 527 Å². The fourth-order valence-electron chi connectivity index (χ4n) is 21.9. The van der Waals surface area contributed by atoms with E-state index in [0.717, 1.165) is 155 Å². The first kappa shape index (κ1) is 91.9. The summed E-state index contributed by atoms with van der Waals surface area (Å²) in [6, 6.07) is 176. The summed E-state index contributed by atoms with van der Waals surface area (Å²) in [7, 11) is 0. The molecule has 0 amide bonds. The molecule has 0 fully saturated rings. The summed E-state index contributed by atoms with van der Waals surface area (Å²) in [5.41, 5.74) is 41.5. The van der Waals surface area contributed by atoms with Gasteiger partial charge in [0.25, 0.3) is 0 Å². The van der Waals surface area contributed by atoms with E-state index in [1.54, 1.807) is 0 Å². The third-order valence-corrected chi connectivity index (χ3v) is 29.0. The minimum absolute atomic E-state index is 0.915. The first-order valence-corrected chi connectivity index (χ1v) is 51.2. The highest BCUT2D eigenvalue weighted by Crippen LogP contribution is 2.47. The number of aromatic nitrogens is 8. The molecule has 0 atom stereocenters.